The summed E-state index contributed by atoms with van der Waals surface area (Å²) in [5.74, 6) is 0. The SMILES string of the molecule is O=C(Cl)C1=CCNC=C1. The summed E-state index contributed by atoms with van der Waals surface area (Å²) in [6.07, 6.45) is 5.10. The van der Waals surface area contributed by atoms with Crippen molar-refractivity contribution in [2.24, 2.45) is 0 Å². The van der Waals surface area contributed by atoms with E-state index in [1.807, 2.05) is 0 Å². The Morgan fingerprint density at radius 2 is 2.56 bits per heavy atom. The fourth-order valence-corrected chi connectivity index (χ4v) is 0.740. The van der Waals surface area contributed by atoms with Gasteiger partial charge in [0.1, 0.15) is 0 Å². The van der Waals surface area contributed by atoms with Crippen LogP contribution in [0.5, 0.6) is 0 Å². The van der Waals surface area contributed by atoms with Gasteiger partial charge in [0.05, 0.1) is 0 Å². The molecule has 0 aliphatic carbocycles. The first-order valence-electron chi connectivity index (χ1n) is 2.60. The summed E-state index contributed by atoms with van der Waals surface area (Å²) in [6, 6.07) is 0. The van der Waals surface area contributed by atoms with Gasteiger partial charge >= 0.3 is 0 Å². The first-order valence-corrected chi connectivity index (χ1v) is 2.98. The summed E-state index contributed by atoms with van der Waals surface area (Å²) < 4.78 is 0. The largest absolute Gasteiger partial charge is 0.387 e. The fourth-order valence-electron chi connectivity index (χ4n) is 0.599. The molecule has 0 amide bonds. The number of halogens is 1. The standard InChI is InChI=1S/C6H6ClNO/c7-6(9)5-1-3-8-4-2-5/h1-3,8H,4H2. The van der Waals surface area contributed by atoms with Crippen LogP contribution < -0.4 is 5.32 Å². The molecule has 0 unspecified atom stereocenters. The van der Waals surface area contributed by atoms with Crippen LogP contribution in [0.3, 0.4) is 0 Å². The number of nitrogens with one attached hydrogen (secondary N) is 1. The number of hydrogen-bond acceptors (Lipinski definition) is 2. The van der Waals surface area contributed by atoms with Crippen LogP contribution in [-0.4, -0.2) is 11.8 Å². The molecular formula is C6H6ClNO. The first-order chi connectivity index (χ1) is 4.30. The molecule has 0 radical (unpaired) electrons. The minimum Gasteiger partial charge on any atom is -0.387 e. The molecule has 1 aliphatic heterocycles. The average Bonchev–Trinajstić information content (AvgIpc) is 1.90. The molecule has 0 saturated carbocycles. The molecule has 0 atom stereocenters. The Morgan fingerprint density at radius 3 is 2.89 bits per heavy atom. The molecule has 0 spiro atoms. The van der Waals surface area contributed by atoms with Crippen molar-refractivity contribution in [2.45, 2.75) is 0 Å². The molecule has 0 fully saturated rings. The van der Waals surface area contributed by atoms with Crippen molar-refractivity contribution in [3.05, 3.63) is 23.9 Å². The van der Waals surface area contributed by atoms with Crippen molar-refractivity contribution in [3.63, 3.8) is 0 Å². The second-order valence-corrected chi connectivity index (χ2v) is 2.02. The normalized spacial score (nSPS) is 16.3. The Bertz CT molecular complexity index is 183. The van der Waals surface area contributed by atoms with E-state index in [0.29, 0.717) is 12.1 Å². The van der Waals surface area contributed by atoms with Crippen molar-refractivity contribution < 1.29 is 4.79 Å². The third-order valence-electron chi connectivity index (χ3n) is 1.05. The highest BCUT2D eigenvalue weighted by atomic mass is 35.5. The zero-order chi connectivity index (χ0) is 6.69. The fraction of sp³-hybridized carbons (Fsp3) is 0.167. The molecule has 3 heteroatoms. The predicted octanol–water partition coefficient (Wildman–Crippen LogP) is 0.795. The first kappa shape index (κ1) is 6.36. The summed E-state index contributed by atoms with van der Waals surface area (Å²) in [7, 11) is 0. The van der Waals surface area contributed by atoms with E-state index in [0.717, 1.165) is 0 Å². The number of rotatable bonds is 1. The highest BCUT2D eigenvalue weighted by Gasteiger charge is 2.02. The van der Waals surface area contributed by atoms with Gasteiger partial charge in [0.25, 0.3) is 5.24 Å². The molecule has 0 bridgehead atoms. The summed E-state index contributed by atoms with van der Waals surface area (Å²) >= 11 is 5.17. The number of carbonyl (C=O) groups excluding carboxylic acids is 1. The van der Waals surface area contributed by atoms with Gasteiger partial charge in [-0.05, 0) is 23.9 Å². The molecule has 2 nitrogen and oxygen atoms in total. The van der Waals surface area contributed by atoms with Crippen LogP contribution in [0.4, 0.5) is 0 Å². The molecule has 1 aliphatic rings. The minimum atomic E-state index is -0.396. The van der Waals surface area contributed by atoms with Crippen molar-refractivity contribution in [1.82, 2.24) is 5.32 Å². The van der Waals surface area contributed by atoms with Crippen LogP contribution in [0.25, 0.3) is 0 Å². The number of carbonyl (C=O) groups is 1. The average molecular weight is 144 g/mol. The molecule has 0 aromatic carbocycles. The van der Waals surface area contributed by atoms with Gasteiger partial charge in [0.15, 0.2) is 0 Å². The molecular weight excluding hydrogens is 138 g/mol. The predicted molar refractivity (Wildman–Crippen MR) is 36.1 cm³/mol. The third-order valence-corrected chi connectivity index (χ3v) is 1.27. The van der Waals surface area contributed by atoms with E-state index in [1.54, 1.807) is 18.4 Å². The maximum atomic E-state index is 10.4. The highest BCUT2D eigenvalue weighted by molar-refractivity contribution is 6.68. The molecule has 1 heterocycles. The number of hydrogen-bond donors (Lipinski definition) is 1. The lowest BCUT2D eigenvalue weighted by Crippen LogP contribution is -2.10. The third kappa shape index (κ3) is 1.57. The molecule has 0 aromatic heterocycles. The zero-order valence-electron chi connectivity index (χ0n) is 4.73. The molecule has 0 saturated heterocycles. The summed E-state index contributed by atoms with van der Waals surface area (Å²) in [6.45, 7) is 0.685. The second kappa shape index (κ2) is 2.69. The van der Waals surface area contributed by atoms with Gasteiger partial charge in [0.2, 0.25) is 0 Å². The van der Waals surface area contributed by atoms with E-state index < -0.39 is 5.24 Å². The van der Waals surface area contributed by atoms with Crippen LogP contribution in [-0.2, 0) is 4.79 Å². The lowest BCUT2D eigenvalue weighted by Gasteiger charge is -2.02. The minimum absolute atomic E-state index is 0.396. The van der Waals surface area contributed by atoms with Crippen molar-refractivity contribution >= 4 is 16.8 Å². The van der Waals surface area contributed by atoms with Gasteiger partial charge < -0.3 is 5.32 Å². The number of allylic oxidation sites excluding steroid dienone is 2. The lowest BCUT2D eigenvalue weighted by molar-refractivity contribution is -0.108. The molecule has 1 N–H and O–H groups in total. The Hall–Kier alpha value is -0.760. The van der Waals surface area contributed by atoms with Crippen molar-refractivity contribution in [3.8, 4) is 0 Å². The maximum Gasteiger partial charge on any atom is 0.252 e. The Morgan fingerprint density at radius 1 is 1.78 bits per heavy atom. The van der Waals surface area contributed by atoms with E-state index in [1.165, 1.54) is 0 Å². The van der Waals surface area contributed by atoms with Crippen LogP contribution in [0.15, 0.2) is 23.9 Å². The molecule has 1 rings (SSSR count). The summed E-state index contributed by atoms with van der Waals surface area (Å²) in [4.78, 5) is 10.4. The van der Waals surface area contributed by atoms with Gasteiger partial charge in [-0.15, -0.1) is 0 Å². The topological polar surface area (TPSA) is 29.1 Å². The molecule has 0 aromatic rings. The molecule has 48 valence electrons. The van der Waals surface area contributed by atoms with Gasteiger partial charge in [-0.25, -0.2) is 0 Å². The van der Waals surface area contributed by atoms with E-state index >= 15 is 0 Å². The van der Waals surface area contributed by atoms with Crippen LogP contribution in [0.1, 0.15) is 0 Å². The zero-order valence-corrected chi connectivity index (χ0v) is 5.48. The van der Waals surface area contributed by atoms with Gasteiger partial charge in [-0.2, -0.15) is 0 Å². The second-order valence-electron chi connectivity index (χ2n) is 1.67. The number of dihydropyridines is 1. The van der Waals surface area contributed by atoms with E-state index in [9.17, 15) is 4.79 Å². The summed E-state index contributed by atoms with van der Waals surface area (Å²) in [5, 5.41) is 2.51. The van der Waals surface area contributed by atoms with E-state index in [-0.39, 0.29) is 0 Å². The highest BCUT2D eigenvalue weighted by Crippen LogP contribution is 2.03. The maximum absolute atomic E-state index is 10.4. The smallest absolute Gasteiger partial charge is 0.252 e. The Kier molecular flexibility index (Phi) is 1.90. The monoisotopic (exact) mass is 143 g/mol. The summed E-state index contributed by atoms with van der Waals surface area (Å²) in [5.41, 5.74) is 0.565. The van der Waals surface area contributed by atoms with Crippen molar-refractivity contribution in [1.29, 1.82) is 0 Å². The van der Waals surface area contributed by atoms with Gasteiger partial charge in [0, 0.05) is 12.1 Å². The van der Waals surface area contributed by atoms with Gasteiger partial charge in [-0.1, -0.05) is 6.08 Å². The van der Waals surface area contributed by atoms with Crippen molar-refractivity contribution in [2.75, 3.05) is 6.54 Å². The molecule has 9 heavy (non-hydrogen) atoms. The lowest BCUT2D eigenvalue weighted by atomic mass is 10.2. The van der Waals surface area contributed by atoms with Crippen LogP contribution in [0.2, 0.25) is 0 Å². The van der Waals surface area contributed by atoms with Crippen LogP contribution in [0, 0.1) is 0 Å². The van der Waals surface area contributed by atoms with Gasteiger partial charge in [-0.3, -0.25) is 4.79 Å². The quantitative estimate of drug-likeness (QED) is 0.550. The van der Waals surface area contributed by atoms with Crippen LogP contribution >= 0.6 is 11.6 Å². The Labute approximate surface area is 58.2 Å². The van der Waals surface area contributed by atoms with E-state index in [2.05, 4.69) is 5.32 Å². The van der Waals surface area contributed by atoms with E-state index in [4.69, 9.17) is 11.6 Å². The Balaban J connectivity index is 2.69.